The number of halogens is 2. The Morgan fingerprint density at radius 2 is 1.77 bits per heavy atom. The first-order valence-corrected chi connectivity index (χ1v) is 12.4. The Kier molecular flexibility index (Phi) is 8.01. The SMILES string of the molecule is CCCCc1nc(C(F)(F)CCCC)nn1Cc1ccc(-n2c([N+](=O)[O-])cc([N+](=O)[O-])c2-c2nnn[nH]2)cc1. The molecule has 0 unspecified atom stereocenters. The lowest BCUT2D eigenvalue weighted by molar-refractivity contribution is -0.394. The highest BCUT2D eigenvalue weighted by molar-refractivity contribution is 5.72. The van der Waals surface area contributed by atoms with Gasteiger partial charge in [0.1, 0.15) is 17.6 Å². The summed E-state index contributed by atoms with van der Waals surface area (Å²) >= 11 is 0. The Morgan fingerprint density at radius 1 is 1.05 bits per heavy atom. The van der Waals surface area contributed by atoms with Crippen molar-refractivity contribution in [2.75, 3.05) is 0 Å². The summed E-state index contributed by atoms with van der Waals surface area (Å²) in [5.74, 6) is -3.88. The summed E-state index contributed by atoms with van der Waals surface area (Å²) < 4.78 is 31.9. The first-order valence-electron chi connectivity index (χ1n) is 12.4. The number of alkyl halides is 2. The zero-order chi connectivity index (χ0) is 28.2. The summed E-state index contributed by atoms with van der Waals surface area (Å²) in [6.45, 7) is 3.97. The molecule has 16 heteroatoms. The maximum absolute atomic E-state index is 14.7. The molecule has 0 spiro atoms. The number of unbranched alkanes of at least 4 members (excludes halogenated alkanes) is 2. The molecule has 0 aliphatic rings. The molecule has 4 rings (SSSR count). The van der Waals surface area contributed by atoms with Crippen molar-refractivity contribution in [1.82, 2.24) is 40.0 Å². The Labute approximate surface area is 220 Å². The van der Waals surface area contributed by atoms with E-state index in [1.807, 2.05) is 13.8 Å². The van der Waals surface area contributed by atoms with Crippen LogP contribution < -0.4 is 0 Å². The summed E-state index contributed by atoms with van der Waals surface area (Å²) in [6.07, 6.45) is 2.74. The number of H-pyrrole nitrogens is 1. The second kappa shape index (κ2) is 11.4. The lowest BCUT2D eigenvalue weighted by atomic mass is 10.1. The molecule has 0 fully saturated rings. The Hall–Kier alpha value is -4.63. The van der Waals surface area contributed by atoms with Crippen LogP contribution in [0.3, 0.4) is 0 Å². The summed E-state index contributed by atoms with van der Waals surface area (Å²) in [5, 5.41) is 40.5. The number of rotatable bonds is 13. The summed E-state index contributed by atoms with van der Waals surface area (Å²) in [7, 11) is 0. The minimum atomic E-state index is -3.14. The van der Waals surface area contributed by atoms with Gasteiger partial charge in [-0.1, -0.05) is 38.8 Å². The van der Waals surface area contributed by atoms with Crippen LogP contribution in [0.2, 0.25) is 0 Å². The van der Waals surface area contributed by atoms with Gasteiger partial charge in [0.15, 0.2) is 0 Å². The van der Waals surface area contributed by atoms with Gasteiger partial charge in [0.2, 0.25) is 11.6 Å². The third-order valence-electron chi connectivity index (χ3n) is 6.12. The largest absolute Gasteiger partial charge is 0.358 e. The molecule has 3 heterocycles. The zero-order valence-corrected chi connectivity index (χ0v) is 21.3. The van der Waals surface area contributed by atoms with Gasteiger partial charge in [-0.25, -0.2) is 14.8 Å². The van der Waals surface area contributed by atoms with Gasteiger partial charge in [-0.3, -0.25) is 10.1 Å². The fraction of sp³-hybridized carbons (Fsp3) is 0.435. The van der Waals surface area contributed by atoms with Gasteiger partial charge in [-0.15, -0.1) is 10.2 Å². The van der Waals surface area contributed by atoms with Gasteiger partial charge in [-0.2, -0.15) is 13.3 Å². The monoisotopic (exact) mass is 544 g/mol. The van der Waals surface area contributed by atoms with Crippen LogP contribution in [0.1, 0.15) is 63.2 Å². The number of hydrogen-bond acceptors (Lipinski definition) is 9. The van der Waals surface area contributed by atoms with Crippen molar-refractivity contribution in [3.05, 3.63) is 67.8 Å². The summed E-state index contributed by atoms with van der Waals surface area (Å²) in [6, 6.07) is 7.15. The third kappa shape index (κ3) is 5.78. The van der Waals surface area contributed by atoms with E-state index in [1.165, 1.54) is 16.8 Å². The van der Waals surface area contributed by atoms with Gasteiger partial charge in [0, 0.05) is 12.8 Å². The Bertz CT molecular complexity index is 1450. The van der Waals surface area contributed by atoms with Gasteiger partial charge in [0.05, 0.1) is 11.5 Å². The van der Waals surface area contributed by atoms with Crippen molar-refractivity contribution in [2.45, 2.75) is 64.8 Å². The molecule has 0 aliphatic heterocycles. The van der Waals surface area contributed by atoms with Crippen molar-refractivity contribution in [3.8, 4) is 17.2 Å². The van der Waals surface area contributed by atoms with Crippen molar-refractivity contribution >= 4 is 11.5 Å². The molecule has 0 radical (unpaired) electrons. The molecule has 0 aliphatic carbocycles. The van der Waals surface area contributed by atoms with E-state index in [2.05, 4.69) is 30.7 Å². The number of tetrazole rings is 1. The number of nitrogens with zero attached hydrogens (tertiary/aromatic N) is 9. The molecule has 14 nitrogen and oxygen atoms in total. The predicted molar refractivity (Wildman–Crippen MR) is 133 cm³/mol. The van der Waals surface area contributed by atoms with Crippen LogP contribution in [-0.4, -0.2) is 49.8 Å². The maximum atomic E-state index is 14.7. The van der Waals surface area contributed by atoms with Crippen LogP contribution in [-0.2, 0) is 18.9 Å². The van der Waals surface area contributed by atoms with Crippen LogP contribution in [0.15, 0.2) is 30.3 Å². The average molecular weight is 545 g/mol. The van der Waals surface area contributed by atoms with Crippen LogP contribution in [0.25, 0.3) is 17.2 Å². The fourth-order valence-corrected chi connectivity index (χ4v) is 4.12. The highest BCUT2D eigenvalue weighted by atomic mass is 19.3. The normalized spacial score (nSPS) is 11.7. The highest BCUT2D eigenvalue weighted by Crippen LogP contribution is 2.37. The van der Waals surface area contributed by atoms with Crippen LogP contribution >= 0.6 is 0 Å². The molecule has 39 heavy (non-hydrogen) atoms. The molecule has 0 saturated heterocycles. The van der Waals surface area contributed by atoms with E-state index >= 15 is 0 Å². The van der Waals surface area contributed by atoms with Gasteiger partial charge < -0.3 is 10.1 Å². The average Bonchev–Trinajstić information content (AvgIpc) is 3.65. The second-order valence-corrected chi connectivity index (χ2v) is 8.92. The molecular weight excluding hydrogens is 518 g/mol. The van der Waals surface area contributed by atoms with Crippen molar-refractivity contribution < 1.29 is 18.6 Å². The molecule has 0 atom stereocenters. The van der Waals surface area contributed by atoms with Crippen molar-refractivity contribution in [2.24, 2.45) is 0 Å². The number of aromatic nitrogens is 8. The second-order valence-electron chi connectivity index (χ2n) is 8.92. The standard InChI is InChI=1S/C23H26F2N10O4/c1-3-5-7-18-26-22(23(24,25)12-6-4-2)29-32(18)14-15-8-10-16(11-9-15)33-19(35(38)39)13-17(34(36)37)20(33)21-27-30-31-28-21/h8-11,13H,3-7,12,14H2,1-2H3,(H,27,28,30,31). The fourth-order valence-electron chi connectivity index (χ4n) is 4.12. The molecule has 3 aromatic heterocycles. The highest BCUT2D eigenvalue weighted by Gasteiger charge is 2.37. The van der Waals surface area contributed by atoms with Crippen molar-refractivity contribution in [1.29, 1.82) is 0 Å². The molecule has 4 aromatic rings. The maximum Gasteiger partial charge on any atom is 0.335 e. The smallest absolute Gasteiger partial charge is 0.335 e. The molecule has 1 aromatic carbocycles. The van der Waals surface area contributed by atoms with Crippen LogP contribution in [0.4, 0.5) is 20.3 Å². The minimum absolute atomic E-state index is 0.126. The number of nitrogens with one attached hydrogen (secondary N) is 1. The predicted octanol–water partition coefficient (Wildman–Crippen LogP) is 4.74. The Balaban J connectivity index is 1.70. The quantitative estimate of drug-likeness (QED) is 0.184. The number of aromatic amines is 1. The zero-order valence-electron chi connectivity index (χ0n) is 21.3. The lowest BCUT2D eigenvalue weighted by Gasteiger charge is -2.11. The molecule has 1 N–H and O–H groups in total. The number of nitro groups is 2. The number of aryl methyl sites for hydroxylation is 1. The van der Waals surface area contributed by atoms with E-state index < -0.39 is 33.1 Å². The first-order chi connectivity index (χ1) is 18.7. The van der Waals surface area contributed by atoms with E-state index in [-0.39, 0.29) is 30.2 Å². The van der Waals surface area contributed by atoms with E-state index in [9.17, 15) is 29.0 Å². The van der Waals surface area contributed by atoms with E-state index in [4.69, 9.17) is 0 Å². The summed E-state index contributed by atoms with van der Waals surface area (Å²) in [4.78, 5) is 26.1. The molecule has 0 saturated carbocycles. The van der Waals surface area contributed by atoms with E-state index in [0.717, 1.165) is 23.5 Å². The van der Waals surface area contributed by atoms with Gasteiger partial charge in [-0.05, 0) is 45.9 Å². The van der Waals surface area contributed by atoms with Gasteiger partial charge >= 0.3 is 17.4 Å². The van der Waals surface area contributed by atoms with Crippen LogP contribution in [0.5, 0.6) is 0 Å². The van der Waals surface area contributed by atoms with Crippen molar-refractivity contribution in [3.63, 3.8) is 0 Å². The van der Waals surface area contributed by atoms with E-state index in [1.54, 1.807) is 12.1 Å². The molecular formula is C23H26F2N10O4. The van der Waals surface area contributed by atoms with E-state index in [0.29, 0.717) is 30.7 Å². The van der Waals surface area contributed by atoms with Gasteiger partial charge in [0.25, 0.3) is 5.69 Å². The first kappa shape index (κ1) is 27.4. The lowest BCUT2D eigenvalue weighted by Crippen LogP contribution is -2.16. The third-order valence-corrected chi connectivity index (χ3v) is 6.12. The molecule has 206 valence electrons. The summed E-state index contributed by atoms with van der Waals surface area (Å²) in [5.41, 5.74) is 0.157. The Morgan fingerprint density at radius 3 is 2.36 bits per heavy atom. The van der Waals surface area contributed by atoms with Crippen LogP contribution in [0, 0.1) is 20.2 Å². The number of benzene rings is 1. The molecule has 0 amide bonds. The number of hydrogen-bond donors (Lipinski definition) is 1. The minimum Gasteiger partial charge on any atom is -0.358 e. The molecule has 0 bridgehead atoms. The topological polar surface area (TPSA) is 176 Å².